The molecule has 0 aromatic heterocycles. The normalized spacial score (nSPS) is 13.7. The zero-order chi connectivity index (χ0) is 15.6. The highest BCUT2D eigenvalue weighted by molar-refractivity contribution is 5.91. The van der Waals surface area contributed by atoms with Crippen molar-refractivity contribution in [2.75, 3.05) is 0 Å². The van der Waals surface area contributed by atoms with E-state index >= 15 is 0 Å². The molecule has 0 bridgehead atoms. The number of carbonyl (C=O) groups excluding carboxylic acids is 1. The molecule has 1 amide bonds. The predicted octanol–water partition coefficient (Wildman–Crippen LogP) is 2.48. The summed E-state index contributed by atoms with van der Waals surface area (Å²) >= 11 is 0. The molecule has 5 N–H and O–H groups in total. The molecule has 6 heteroatoms. The topological polar surface area (TPSA) is 102 Å². The van der Waals surface area contributed by atoms with Crippen LogP contribution in [-0.2, 0) is 4.74 Å². The molecule has 0 radical (unpaired) electrons. The molecule has 0 aliphatic heterocycles. The summed E-state index contributed by atoms with van der Waals surface area (Å²) in [5, 5.41) is 9.20. The molecule has 5 nitrogen and oxygen atoms in total. The average molecular weight is 289 g/mol. The van der Waals surface area contributed by atoms with Crippen molar-refractivity contribution in [2.45, 2.75) is 18.9 Å². The van der Waals surface area contributed by atoms with Crippen LogP contribution in [0.3, 0.4) is 0 Å². The van der Waals surface area contributed by atoms with Crippen molar-refractivity contribution in [3.63, 3.8) is 0 Å². The highest BCUT2D eigenvalue weighted by Gasteiger charge is 2.26. The average Bonchev–Trinajstić information content (AvgIpc) is 2.45. The number of nitrogens with one attached hydrogen (secondary N) is 1. The number of fused-ring (bicyclic) bond motifs is 1. The van der Waals surface area contributed by atoms with Gasteiger partial charge in [0.1, 0.15) is 5.82 Å². The maximum atomic E-state index is 14.2. The molecule has 0 spiro atoms. The van der Waals surface area contributed by atoms with Crippen LogP contribution in [0.4, 0.5) is 9.18 Å². The second-order valence-electron chi connectivity index (χ2n) is 4.78. The van der Waals surface area contributed by atoms with Crippen LogP contribution in [-0.4, -0.2) is 18.0 Å². The minimum atomic E-state index is -1.11. The second kappa shape index (κ2) is 5.88. The number of nitrogens with two attached hydrogens (primary N) is 2. The van der Waals surface area contributed by atoms with Gasteiger partial charge in [-0.25, -0.2) is 9.18 Å². The maximum Gasteiger partial charge on any atom is 0.411 e. The summed E-state index contributed by atoms with van der Waals surface area (Å²) in [7, 11) is 0. The SMILES string of the molecule is CC(c1c(F)ccc2ccccc12)[C@H](N)C(=N)OC(N)=O. The van der Waals surface area contributed by atoms with Crippen LogP contribution in [0.5, 0.6) is 0 Å². The Balaban J connectivity index is 2.43. The largest absolute Gasteiger partial charge is 0.411 e. The fourth-order valence-electron chi connectivity index (χ4n) is 2.31. The van der Waals surface area contributed by atoms with E-state index in [1.165, 1.54) is 6.07 Å². The Morgan fingerprint density at radius 3 is 2.62 bits per heavy atom. The van der Waals surface area contributed by atoms with Gasteiger partial charge in [0, 0.05) is 11.5 Å². The van der Waals surface area contributed by atoms with Crippen molar-refractivity contribution in [1.29, 1.82) is 5.41 Å². The zero-order valence-electron chi connectivity index (χ0n) is 11.5. The first kappa shape index (κ1) is 14.9. The van der Waals surface area contributed by atoms with Crippen molar-refractivity contribution < 1.29 is 13.9 Å². The molecule has 0 heterocycles. The summed E-state index contributed by atoms with van der Waals surface area (Å²) in [6.07, 6.45) is -1.11. The molecule has 21 heavy (non-hydrogen) atoms. The summed E-state index contributed by atoms with van der Waals surface area (Å²) in [6.45, 7) is 1.68. The molecule has 1 unspecified atom stereocenters. The van der Waals surface area contributed by atoms with Gasteiger partial charge in [-0.2, -0.15) is 0 Å². The molecular formula is C15H16FN3O2. The van der Waals surface area contributed by atoms with E-state index in [1.54, 1.807) is 25.1 Å². The predicted molar refractivity (Wildman–Crippen MR) is 78.7 cm³/mol. The molecule has 2 aromatic rings. The van der Waals surface area contributed by atoms with Crippen LogP contribution in [0.15, 0.2) is 36.4 Å². The Morgan fingerprint density at radius 2 is 1.95 bits per heavy atom. The number of benzene rings is 2. The van der Waals surface area contributed by atoms with Crippen LogP contribution in [0.2, 0.25) is 0 Å². The van der Waals surface area contributed by atoms with Crippen molar-refractivity contribution >= 4 is 22.8 Å². The smallest absolute Gasteiger partial charge is 0.394 e. The number of halogens is 1. The quantitative estimate of drug-likeness (QED) is 0.597. The van der Waals surface area contributed by atoms with E-state index in [-0.39, 0.29) is 0 Å². The lowest BCUT2D eigenvalue weighted by atomic mass is 9.89. The van der Waals surface area contributed by atoms with Gasteiger partial charge in [0.15, 0.2) is 0 Å². The molecule has 110 valence electrons. The van der Waals surface area contributed by atoms with Crippen LogP contribution in [0, 0.1) is 11.2 Å². The maximum absolute atomic E-state index is 14.2. The zero-order valence-corrected chi connectivity index (χ0v) is 11.5. The van der Waals surface area contributed by atoms with E-state index in [0.29, 0.717) is 10.9 Å². The lowest BCUT2D eigenvalue weighted by molar-refractivity contribution is 0.204. The number of carbonyl (C=O) groups is 1. The summed E-state index contributed by atoms with van der Waals surface area (Å²) in [6, 6.07) is 9.37. The molecule has 0 aliphatic carbocycles. The minimum Gasteiger partial charge on any atom is -0.394 e. The van der Waals surface area contributed by atoms with Gasteiger partial charge in [0.25, 0.3) is 0 Å². The van der Waals surface area contributed by atoms with Crippen LogP contribution in [0.1, 0.15) is 18.4 Å². The third-order valence-electron chi connectivity index (χ3n) is 3.42. The van der Waals surface area contributed by atoms with Gasteiger partial charge in [-0.3, -0.25) is 5.41 Å². The van der Waals surface area contributed by atoms with Gasteiger partial charge in [0.05, 0.1) is 6.04 Å². The van der Waals surface area contributed by atoms with Crippen molar-refractivity contribution in [3.8, 4) is 0 Å². The molecule has 0 aliphatic rings. The molecule has 2 aromatic carbocycles. The van der Waals surface area contributed by atoms with Crippen LogP contribution < -0.4 is 11.5 Å². The Hall–Kier alpha value is -2.47. The van der Waals surface area contributed by atoms with E-state index in [1.807, 2.05) is 12.1 Å². The van der Waals surface area contributed by atoms with Gasteiger partial charge in [-0.05, 0) is 16.8 Å². The Labute approximate surface area is 121 Å². The van der Waals surface area contributed by atoms with E-state index in [9.17, 15) is 9.18 Å². The van der Waals surface area contributed by atoms with Gasteiger partial charge in [-0.15, -0.1) is 0 Å². The number of ether oxygens (including phenoxy) is 1. The van der Waals surface area contributed by atoms with Crippen molar-refractivity contribution in [3.05, 3.63) is 47.8 Å². The first-order valence-electron chi connectivity index (χ1n) is 6.40. The van der Waals surface area contributed by atoms with Gasteiger partial charge >= 0.3 is 6.09 Å². The van der Waals surface area contributed by atoms with Crippen molar-refractivity contribution in [2.24, 2.45) is 11.5 Å². The fraction of sp³-hybridized carbons (Fsp3) is 0.200. The number of primary amides is 1. The number of rotatable bonds is 3. The van der Waals surface area contributed by atoms with Crippen LogP contribution in [0.25, 0.3) is 10.8 Å². The Morgan fingerprint density at radius 1 is 1.29 bits per heavy atom. The van der Waals surface area contributed by atoms with Gasteiger partial charge in [0.2, 0.25) is 5.90 Å². The molecule has 0 saturated heterocycles. The number of hydrogen-bond acceptors (Lipinski definition) is 4. The standard InChI is InChI=1S/C15H16FN3O2/c1-8(13(17)14(18)21-15(19)20)12-10-5-3-2-4-9(10)6-7-11(12)16/h2-8,13,18H,17H2,1H3,(H2,19,20)/t8?,13-/m0/s1. The van der Waals surface area contributed by atoms with Gasteiger partial charge < -0.3 is 16.2 Å². The first-order valence-corrected chi connectivity index (χ1v) is 6.40. The second-order valence-corrected chi connectivity index (χ2v) is 4.78. The van der Waals surface area contributed by atoms with E-state index in [2.05, 4.69) is 4.74 Å². The third kappa shape index (κ3) is 3.00. The summed E-state index contributed by atoms with van der Waals surface area (Å²) < 4.78 is 18.7. The van der Waals surface area contributed by atoms with Crippen LogP contribution >= 0.6 is 0 Å². The monoisotopic (exact) mass is 289 g/mol. The summed E-state index contributed by atoms with van der Waals surface area (Å²) in [5.74, 6) is -1.45. The highest BCUT2D eigenvalue weighted by atomic mass is 19.1. The molecule has 0 fully saturated rings. The number of hydrogen-bond donors (Lipinski definition) is 3. The molecule has 0 saturated carbocycles. The van der Waals surface area contributed by atoms with E-state index in [0.717, 1.165) is 5.39 Å². The lowest BCUT2D eigenvalue weighted by Gasteiger charge is -2.22. The summed E-state index contributed by atoms with van der Waals surface area (Å²) in [5.41, 5.74) is 11.1. The van der Waals surface area contributed by atoms with Gasteiger partial charge in [-0.1, -0.05) is 37.3 Å². The van der Waals surface area contributed by atoms with Crippen molar-refractivity contribution in [1.82, 2.24) is 0 Å². The minimum absolute atomic E-state index is 0.387. The number of amides is 1. The Kier molecular flexibility index (Phi) is 4.18. The lowest BCUT2D eigenvalue weighted by Crippen LogP contribution is -2.39. The van der Waals surface area contributed by atoms with E-state index in [4.69, 9.17) is 16.9 Å². The third-order valence-corrected chi connectivity index (χ3v) is 3.42. The fourth-order valence-corrected chi connectivity index (χ4v) is 2.31. The summed E-state index contributed by atoms with van der Waals surface area (Å²) in [4.78, 5) is 10.7. The highest BCUT2D eigenvalue weighted by Crippen LogP contribution is 2.30. The Bertz CT molecular complexity index is 702. The first-order chi connectivity index (χ1) is 9.91. The van der Waals surface area contributed by atoms with E-state index < -0.39 is 29.8 Å². The molecule has 2 atom stereocenters. The molecule has 2 rings (SSSR count). The molecular weight excluding hydrogens is 273 g/mol.